The van der Waals surface area contributed by atoms with Crippen molar-refractivity contribution in [2.45, 2.75) is 36.2 Å². The van der Waals surface area contributed by atoms with E-state index in [4.69, 9.17) is 0 Å². The first-order chi connectivity index (χ1) is 5.29. The maximum absolute atomic E-state index is 4.49. The van der Waals surface area contributed by atoms with Crippen molar-refractivity contribution >= 4 is 25.3 Å². The Morgan fingerprint density at radius 1 is 0.818 bits per heavy atom. The fraction of sp³-hybridized carbons (Fsp3) is 1.00. The first-order valence-corrected chi connectivity index (χ1v) is 5.39. The highest BCUT2D eigenvalue weighted by Gasteiger charge is 2.09. The molecule has 1 rings (SSSR count). The van der Waals surface area contributed by atoms with Crippen LogP contribution in [0.3, 0.4) is 0 Å². The normalized spacial score (nSPS) is 35.5. The largest absolute Gasteiger partial charge is 0.317 e. The van der Waals surface area contributed by atoms with Gasteiger partial charge in [-0.15, -0.1) is 0 Å². The van der Waals surface area contributed by atoms with Gasteiger partial charge in [-0.2, -0.15) is 25.3 Å². The Hall–Kier alpha value is 0.660. The third-order valence-corrected chi connectivity index (χ3v) is 3.17. The number of thiol groups is 2. The lowest BCUT2D eigenvalue weighted by molar-refractivity contribution is 0.641. The van der Waals surface area contributed by atoms with Crippen LogP contribution in [-0.2, 0) is 0 Å². The van der Waals surface area contributed by atoms with Gasteiger partial charge in [-0.05, 0) is 38.8 Å². The fourth-order valence-electron chi connectivity index (χ4n) is 1.34. The topological polar surface area (TPSA) is 12.0 Å². The molecule has 0 saturated carbocycles. The van der Waals surface area contributed by atoms with Crippen molar-refractivity contribution in [2.75, 3.05) is 13.1 Å². The molecule has 66 valence electrons. The molecule has 0 spiro atoms. The van der Waals surface area contributed by atoms with Gasteiger partial charge in [-0.3, -0.25) is 0 Å². The SMILES string of the molecule is SC1CCNCCC(S)CC1. The average Bonchev–Trinajstić information content (AvgIpc) is 2.06. The minimum Gasteiger partial charge on any atom is -0.317 e. The van der Waals surface area contributed by atoms with Crippen LogP contribution < -0.4 is 5.32 Å². The van der Waals surface area contributed by atoms with Gasteiger partial charge in [0.05, 0.1) is 0 Å². The van der Waals surface area contributed by atoms with Crippen molar-refractivity contribution in [1.29, 1.82) is 0 Å². The second-order valence-electron chi connectivity index (χ2n) is 3.21. The zero-order valence-electron chi connectivity index (χ0n) is 6.79. The van der Waals surface area contributed by atoms with E-state index in [-0.39, 0.29) is 0 Å². The van der Waals surface area contributed by atoms with Crippen molar-refractivity contribution < 1.29 is 0 Å². The minimum absolute atomic E-state index is 0.579. The summed E-state index contributed by atoms with van der Waals surface area (Å²) in [6.07, 6.45) is 4.84. The van der Waals surface area contributed by atoms with Crippen LogP contribution in [0.5, 0.6) is 0 Å². The molecule has 0 aromatic carbocycles. The van der Waals surface area contributed by atoms with Gasteiger partial charge in [0.25, 0.3) is 0 Å². The number of hydrogen-bond acceptors (Lipinski definition) is 3. The summed E-state index contributed by atoms with van der Waals surface area (Å²) in [6, 6.07) is 0. The second kappa shape index (κ2) is 5.33. The zero-order chi connectivity index (χ0) is 8.10. The van der Waals surface area contributed by atoms with E-state index >= 15 is 0 Å². The molecule has 1 nitrogen and oxygen atoms in total. The molecule has 1 N–H and O–H groups in total. The molecule has 0 aromatic heterocycles. The van der Waals surface area contributed by atoms with Gasteiger partial charge < -0.3 is 5.32 Å². The third kappa shape index (κ3) is 4.28. The molecule has 2 atom stereocenters. The van der Waals surface area contributed by atoms with Crippen LogP contribution in [0.2, 0.25) is 0 Å². The van der Waals surface area contributed by atoms with E-state index in [2.05, 4.69) is 30.6 Å². The van der Waals surface area contributed by atoms with Crippen LogP contribution in [0.1, 0.15) is 25.7 Å². The molecule has 11 heavy (non-hydrogen) atoms. The van der Waals surface area contributed by atoms with Gasteiger partial charge in [0.15, 0.2) is 0 Å². The van der Waals surface area contributed by atoms with Crippen LogP contribution in [0.25, 0.3) is 0 Å². The Kier molecular flexibility index (Phi) is 4.72. The summed E-state index contributed by atoms with van der Waals surface area (Å²) in [4.78, 5) is 0. The van der Waals surface area contributed by atoms with Crippen LogP contribution >= 0.6 is 25.3 Å². The van der Waals surface area contributed by atoms with Crippen molar-refractivity contribution in [3.8, 4) is 0 Å². The predicted octanol–water partition coefficient (Wildman–Crippen LogP) is 1.75. The maximum atomic E-state index is 4.49. The smallest absolute Gasteiger partial charge is 0.00292 e. The van der Waals surface area contributed by atoms with E-state index in [9.17, 15) is 0 Å². The van der Waals surface area contributed by atoms with E-state index in [1.165, 1.54) is 25.7 Å². The van der Waals surface area contributed by atoms with Crippen molar-refractivity contribution in [2.24, 2.45) is 0 Å². The molecule has 1 heterocycles. The molecule has 1 aliphatic rings. The average molecular weight is 191 g/mol. The van der Waals surface area contributed by atoms with Gasteiger partial charge in [0.2, 0.25) is 0 Å². The van der Waals surface area contributed by atoms with Gasteiger partial charge in [-0.1, -0.05) is 0 Å². The first kappa shape index (κ1) is 9.75. The highest BCUT2D eigenvalue weighted by molar-refractivity contribution is 7.81. The summed E-state index contributed by atoms with van der Waals surface area (Å²) in [5.41, 5.74) is 0. The van der Waals surface area contributed by atoms with E-state index in [1.807, 2.05) is 0 Å². The molecular formula is C8H17NS2. The van der Waals surface area contributed by atoms with Gasteiger partial charge >= 0.3 is 0 Å². The molecule has 0 aromatic rings. The molecule has 0 bridgehead atoms. The summed E-state index contributed by atoms with van der Waals surface area (Å²) in [6.45, 7) is 2.24. The quantitative estimate of drug-likeness (QED) is 0.496. The molecule has 0 aliphatic carbocycles. The van der Waals surface area contributed by atoms with E-state index in [1.54, 1.807) is 0 Å². The van der Waals surface area contributed by atoms with E-state index in [0.29, 0.717) is 10.5 Å². The molecule has 1 saturated heterocycles. The molecule has 0 radical (unpaired) electrons. The molecule has 2 unspecified atom stereocenters. The van der Waals surface area contributed by atoms with Gasteiger partial charge in [0.1, 0.15) is 0 Å². The first-order valence-electron chi connectivity index (χ1n) is 4.36. The third-order valence-electron chi connectivity index (χ3n) is 2.14. The highest BCUT2D eigenvalue weighted by Crippen LogP contribution is 2.16. The van der Waals surface area contributed by atoms with Crippen molar-refractivity contribution in [3.05, 3.63) is 0 Å². The molecular weight excluding hydrogens is 174 g/mol. The lowest BCUT2D eigenvalue weighted by Crippen LogP contribution is -2.19. The van der Waals surface area contributed by atoms with E-state index < -0.39 is 0 Å². The van der Waals surface area contributed by atoms with Crippen LogP contribution in [-0.4, -0.2) is 23.6 Å². The predicted molar refractivity (Wildman–Crippen MR) is 56.9 cm³/mol. The van der Waals surface area contributed by atoms with E-state index in [0.717, 1.165) is 13.1 Å². The molecule has 0 amide bonds. The number of nitrogens with one attached hydrogen (secondary N) is 1. The number of hydrogen-bond donors (Lipinski definition) is 3. The van der Waals surface area contributed by atoms with Crippen LogP contribution in [0, 0.1) is 0 Å². The lowest BCUT2D eigenvalue weighted by Gasteiger charge is -2.09. The lowest BCUT2D eigenvalue weighted by atomic mass is 10.1. The Morgan fingerprint density at radius 2 is 1.27 bits per heavy atom. The summed E-state index contributed by atoms with van der Waals surface area (Å²) >= 11 is 8.99. The Bertz CT molecular complexity index is 96.3. The van der Waals surface area contributed by atoms with Gasteiger partial charge in [-0.25, -0.2) is 0 Å². The summed E-state index contributed by atoms with van der Waals surface area (Å²) in [5.74, 6) is 0. The molecule has 1 fully saturated rings. The zero-order valence-corrected chi connectivity index (χ0v) is 8.58. The van der Waals surface area contributed by atoms with Crippen molar-refractivity contribution in [3.63, 3.8) is 0 Å². The molecule has 1 aliphatic heterocycles. The monoisotopic (exact) mass is 191 g/mol. The highest BCUT2D eigenvalue weighted by atomic mass is 32.1. The van der Waals surface area contributed by atoms with Crippen LogP contribution in [0.15, 0.2) is 0 Å². The minimum atomic E-state index is 0.579. The summed E-state index contributed by atoms with van der Waals surface area (Å²) in [5, 5.41) is 4.55. The summed E-state index contributed by atoms with van der Waals surface area (Å²) < 4.78 is 0. The van der Waals surface area contributed by atoms with Gasteiger partial charge in [0, 0.05) is 10.5 Å². The Morgan fingerprint density at radius 3 is 1.73 bits per heavy atom. The van der Waals surface area contributed by atoms with Crippen LogP contribution in [0.4, 0.5) is 0 Å². The molecule has 3 heteroatoms. The summed E-state index contributed by atoms with van der Waals surface area (Å²) in [7, 11) is 0. The van der Waals surface area contributed by atoms with Crippen molar-refractivity contribution in [1.82, 2.24) is 5.32 Å². The second-order valence-corrected chi connectivity index (χ2v) is 4.67. The fourth-order valence-corrected chi connectivity index (χ4v) is 1.89. The standard InChI is InChI=1S/C8H17NS2/c10-7-1-2-8(11)4-6-9-5-3-7/h7-11H,1-6H2. The Balaban J connectivity index is 2.25. The number of rotatable bonds is 0. The Labute approximate surface area is 80.1 Å². The maximum Gasteiger partial charge on any atom is 0.00292 e.